The van der Waals surface area contributed by atoms with Crippen LogP contribution < -0.4 is 0 Å². The molecule has 2 aromatic rings. The number of hydrogen-bond donors (Lipinski definition) is 1. The Kier molecular flexibility index (Phi) is 2.27. The molecular formula is C10H9ClN2OS. The predicted molar refractivity (Wildman–Crippen MR) is 60.3 cm³/mol. The summed E-state index contributed by atoms with van der Waals surface area (Å²) in [6, 6.07) is 3.89. The van der Waals surface area contributed by atoms with E-state index in [0.717, 1.165) is 27.9 Å². The van der Waals surface area contributed by atoms with Crippen molar-refractivity contribution in [2.45, 2.75) is 13.0 Å². The van der Waals surface area contributed by atoms with Gasteiger partial charge in [-0.25, -0.2) is 0 Å². The molecule has 3 nitrogen and oxygen atoms in total. The average Bonchev–Trinajstić information content (AvgIpc) is 2.83. The van der Waals surface area contributed by atoms with Crippen LogP contribution in [0.5, 0.6) is 0 Å². The van der Waals surface area contributed by atoms with E-state index in [0.29, 0.717) is 6.61 Å². The molecule has 3 heterocycles. The summed E-state index contributed by atoms with van der Waals surface area (Å²) in [6.45, 7) is 1.43. The highest BCUT2D eigenvalue weighted by Crippen LogP contribution is 2.34. The van der Waals surface area contributed by atoms with Crippen LogP contribution in [0.1, 0.15) is 11.3 Å². The zero-order valence-corrected chi connectivity index (χ0v) is 9.49. The van der Waals surface area contributed by atoms with Crippen molar-refractivity contribution < 1.29 is 4.74 Å². The number of rotatable bonds is 1. The van der Waals surface area contributed by atoms with E-state index in [1.807, 2.05) is 12.1 Å². The van der Waals surface area contributed by atoms with Crippen molar-refractivity contribution in [2.75, 3.05) is 6.61 Å². The lowest BCUT2D eigenvalue weighted by molar-refractivity contribution is 0.110. The Balaban J connectivity index is 2.08. The van der Waals surface area contributed by atoms with Crippen LogP contribution in [-0.2, 0) is 17.8 Å². The minimum atomic E-state index is 0.649. The first-order valence-corrected chi connectivity index (χ1v) is 5.93. The van der Waals surface area contributed by atoms with Crippen LogP contribution in [0.2, 0.25) is 4.34 Å². The van der Waals surface area contributed by atoms with Gasteiger partial charge in [-0.3, -0.25) is 5.10 Å². The van der Waals surface area contributed by atoms with E-state index >= 15 is 0 Å². The van der Waals surface area contributed by atoms with Crippen molar-refractivity contribution >= 4 is 22.9 Å². The van der Waals surface area contributed by atoms with E-state index in [1.54, 1.807) is 11.3 Å². The van der Waals surface area contributed by atoms with E-state index in [9.17, 15) is 0 Å². The summed E-state index contributed by atoms with van der Waals surface area (Å²) in [6.07, 6.45) is 0.918. The number of nitrogens with zero attached hydrogens (tertiary/aromatic N) is 1. The summed E-state index contributed by atoms with van der Waals surface area (Å²) in [5, 5.41) is 7.40. The van der Waals surface area contributed by atoms with Gasteiger partial charge in [0.2, 0.25) is 0 Å². The number of H-pyrrole nitrogens is 1. The van der Waals surface area contributed by atoms with Gasteiger partial charge in [-0.2, -0.15) is 5.10 Å². The van der Waals surface area contributed by atoms with E-state index < -0.39 is 0 Å². The highest BCUT2D eigenvalue weighted by Gasteiger charge is 2.19. The zero-order chi connectivity index (χ0) is 10.3. The van der Waals surface area contributed by atoms with Crippen molar-refractivity contribution in [1.29, 1.82) is 0 Å². The largest absolute Gasteiger partial charge is 0.376 e. The highest BCUT2D eigenvalue weighted by atomic mass is 35.5. The molecule has 0 amide bonds. The Bertz CT molecular complexity index is 491. The Hall–Kier alpha value is -0.840. The van der Waals surface area contributed by atoms with Crippen LogP contribution in [0.4, 0.5) is 0 Å². The third-order valence-electron chi connectivity index (χ3n) is 2.50. The molecule has 0 saturated heterocycles. The molecule has 1 aliphatic rings. The maximum absolute atomic E-state index is 5.91. The molecular weight excluding hydrogens is 232 g/mol. The standard InChI is InChI=1S/C10H9ClN2OS/c11-9-2-1-8(15-9)10-6-5-14-4-3-7(6)12-13-10/h1-2H,3-5H2,(H,12,13). The predicted octanol–water partition coefficient (Wildman–Crippen LogP) is 2.86. The summed E-state index contributed by atoms with van der Waals surface area (Å²) in [4.78, 5) is 1.10. The van der Waals surface area contributed by atoms with Gasteiger partial charge in [0.25, 0.3) is 0 Å². The molecule has 5 heteroatoms. The quantitative estimate of drug-likeness (QED) is 0.832. The number of aromatic nitrogens is 2. The Morgan fingerprint density at radius 2 is 2.40 bits per heavy atom. The van der Waals surface area contributed by atoms with Crippen molar-refractivity contribution in [3.63, 3.8) is 0 Å². The fourth-order valence-electron chi connectivity index (χ4n) is 1.76. The number of nitrogens with one attached hydrogen (secondary N) is 1. The third-order valence-corrected chi connectivity index (χ3v) is 3.74. The number of aromatic amines is 1. The topological polar surface area (TPSA) is 37.9 Å². The van der Waals surface area contributed by atoms with Crippen LogP contribution >= 0.6 is 22.9 Å². The fourth-order valence-corrected chi connectivity index (χ4v) is 2.82. The molecule has 0 aromatic carbocycles. The van der Waals surface area contributed by atoms with E-state index in [2.05, 4.69) is 10.2 Å². The highest BCUT2D eigenvalue weighted by molar-refractivity contribution is 7.19. The van der Waals surface area contributed by atoms with Crippen LogP contribution in [-0.4, -0.2) is 16.8 Å². The summed E-state index contributed by atoms with van der Waals surface area (Å²) in [7, 11) is 0. The number of halogens is 1. The maximum atomic E-state index is 5.91. The first-order chi connectivity index (χ1) is 7.34. The Morgan fingerprint density at radius 3 is 3.20 bits per heavy atom. The van der Waals surface area contributed by atoms with E-state index in [4.69, 9.17) is 16.3 Å². The summed E-state index contributed by atoms with van der Waals surface area (Å²) in [5.74, 6) is 0. The molecule has 2 aromatic heterocycles. The monoisotopic (exact) mass is 240 g/mol. The lowest BCUT2D eigenvalue weighted by Crippen LogP contribution is -2.08. The molecule has 0 bridgehead atoms. The van der Waals surface area contributed by atoms with Gasteiger partial charge in [0.15, 0.2) is 0 Å². The number of hydrogen-bond acceptors (Lipinski definition) is 3. The summed E-state index contributed by atoms with van der Waals surface area (Å²) in [5.41, 5.74) is 3.36. The van der Waals surface area contributed by atoms with Gasteiger partial charge in [-0.15, -0.1) is 11.3 Å². The molecule has 15 heavy (non-hydrogen) atoms. The molecule has 1 N–H and O–H groups in total. The van der Waals surface area contributed by atoms with Crippen LogP contribution in [0.25, 0.3) is 10.6 Å². The first kappa shape index (κ1) is 9.39. The van der Waals surface area contributed by atoms with Crippen molar-refractivity contribution in [3.05, 3.63) is 27.7 Å². The van der Waals surface area contributed by atoms with E-state index in [-0.39, 0.29) is 0 Å². The molecule has 0 fully saturated rings. The molecule has 0 atom stereocenters. The zero-order valence-electron chi connectivity index (χ0n) is 7.92. The molecule has 1 aliphatic heterocycles. The average molecular weight is 241 g/mol. The minimum absolute atomic E-state index is 0.649. The minimum Gasteiger partial charge on any atom is -0.376 e. The number of thiophene rings is 1. The number of fused-ring (bicyclic) bond motifs is 1. The van der Waals surface area contributed by atoms with Crippen LogP contribution in [0.15, 0.2) is 12.1 Å². The normalized spacial score (nSPS) is 15.3. The first-order valence-electron chi connectivity index (χ1n) is 4.74. The van der Waals surface area contributed by atoms with Crippen molar-refractivity contribution in [1.82, 2.24) is 10.2 Å². The summed E-state index contributed by atoms with van der Waals surface area (Å²) >= 11 is 7.46. The molecule has 0 saturated carbocycles. The maximum Gasteiger partial charge on any atom is 0.108 e. The van der Waals surface area contributed by atoms with Crippen LogP contribution in [0.3, 0.4) is 0 Å². The molecule has 0 aliphatic carbocycles. The van der Waals surface area contributed by atoms with Gasteiger partial charge in [-0.05, 0) is 12.1 Å². The molecule has 78 valence electrons. The van der Waals surface area contributed by atoms with Crippen LogP contribution in [0, 0.1) is 0 Å². The van der Waals surface area contributed by atoms with Crippen molar-refractivity contribution in [2.24, 2.45) is 0 Å². The van der Waals surface area contributed by atoms with Gasteiger partial charge >= 0.3 is 0 Å². The molecule has 3 rings (SSSR count). The second-order valence-electron chi connectivity index (χ2n) is 3.44. The Labute approximate surface area is 96.0 Å². The van der Waals surface area contributed by atoms with Gasteiger partial charge in [0, 0.05) is 17.7 Å². The van der Waals surface area contributed by atoms with Crippen molar-refractivity contribution in [3.8, 4) is 10.6 Å². The lowest BCUT2D eigenvalue weighted by atomic mass is 10.1. The lowest BCUT2D eigenvalue weighted by Gasteiger charge is -2.11. The molecule has 0 radical (unpaired) electrons. The Morgan fingerprint density at radius 1 is 1.47 bits per heavy atom. The van der Waals surface area contributed by atoms with E-state index in [1.165, 1.54) is 11.3 Å². The number of ether oxygens (including phenoxy) is 1. The van der Waals surface area contributed by atoms with Gasteiger partial charge in [0.1, 0.15) is 5.69 Å². The van der Waals surface area contributed by atoms with Gasteiger partial charge in [0.05, 0.1) is 22.4 Å². The second kappa shape index (κ2) is 3.63. The molecule has 0 unspecified atom stereocenters. The second-order valence-corrected chi connectivity index (χ2v) is 5.15. The summed E-state index contributed by atoms with van der Waals surface area (Å²) < 4.78 is 6.23. The van der Waals surface area contributed by atoms with Gasteiger partial charge in [-0.1, -0.05) is 11.6 Å². The SMILES string of the molecule is Clc1ccc(-c2n[nH]c3c2COCC3)s1. The molecule has 0 spiro atoms. The smallest absolute Gasteiger partial charge is 0.108 e. The van der Waals surface area contributed by atoms with Gasteiger partial charge < -0.3 is 4.74 Å². The third kappa shape index (κ3) is 1.58. The fraction of sp³-hybridized carbons (Fsp3) is 0.300.